The monoisotopic (exact) mass is 391 g/mol. The summed E-state index contributed by atoms with van der Waals surface area (Å²) < 4.78 is 1.22. The van der Waals surface area contributed by atoms with Crippen molar-refractivity contribution < 1.29 is 4.79 Å². The van der Waals surface area contributed by atoms with E-state index in [2.05, 4.69) is 44.5 Å². The van der Waals surface area contributed by atoms with E-state index >= 15 is 0 Å². The summed E-state index contributed by atoms with van der Waals surface area (Å²) in [6.07, 6.45) is 1.62. The molecular weight excluding hydrogens is 366 g/mol. The summed E-state index contributed by atoms with van der Waals surface area (Å²) in [6.45, 7) is 5.20. The molecular formula is C22H25N5O2. The van der Waals surface area contributed by atoms with Crippen LogP contribution in [0.2, 0.25) is 0 Å². The predicted molar refractivity (Wildman–Crippen MR) is 114 cm³/mol. The Labute approximate surface area is 169 Å². The minimum atomic E-state index is -0.240. The van der Waals surface area contributed by atoms with Gasteiger partial charge in [0.25, 0.3) is 5.56 Å². The van der Waals surface area contributed by atoms with Crippen molar-refractivity contribution in [1.29, 1.82) is 0 Å². The Bertz CT molecular complexity index is 1030. The molecule has 1 aliphatic heterocycles. The van der Waals surface area contributed by atoms with Gasteiger partial charge < -0.3 is 10.2 Å². The maximum absolute atomic E-state index is 12.4. The van der Waals surface area contributed by atoms with E-state index in [1.54, 1.807) is 12.3 Å². The molecule has 0 unspecified atom stereocenters. The van der Waals surface area contributed by atoms with E-state index in [-0.39, 0.29) is 18.0 Å². The SMILES string of the molecule is O=C(Cn1ncc2ccccc2c1=O)NCCN1CCN(c2ccccc2)CC1. The van der Waals surface area contributed by atoms with E-state index in [1.807, 2.05) is 24.3 Å². The normalized spacial score (nSPS) is 14.8. The zero-order valence-corrected chi connectivity index (χ0v) is 16.3. The lowest BCUT2D eigenvalue weighted by Crippen LogP contribution is -2.48. The number of rotatable bonds is 6. The van der Waals surface area contributed by atoms with Crippen LogP contribution in [0, 0.1) is 0 Å². The number of hydrogen-bond acceptors (Lipinski definition) is 5. The van der Waals surface area contributed by atoms with Crippen LogP contribution in [0.4, 0.5) is 5.69 Å². The number of aromatic nitrogens is 2. The zero-order valence-electron chi connectivity index (χ0n) is 16.3. The Balaban J connectivity index is 1.23. The molecule has 4 rings (SSSR count). The van der Waals surface area contributed by atoms with E-state index in [0.717, 1.165) is 38.1 Å². The van der Waals surface area contributed by atoms with Gasteiger partial charge in [-0.1, -0.05) is 36.4 Å². The van der Waals surface area contributed by atoms with Gasteiger partial charge in [-0.2, -0.15) is 5.10 Å². The molecule has 29 heavy (non-hydrogen) atoms. The summed E-state index contributed by atoms with van der Waals surface area (Å²) in [4.78, 5) is 29.4. The van der Waals surface area contributed by atoms with Gasteiger partial charge in [0.15, 0.2) is 0 Å². The second-order valence-corrected chi connectivity index (χ2v) is 7.21. The minimum Gasteiger partial charge on any atom is -0.369 e. The van der Waals surface area contributed by atoms with Gasteiger partial charge in [0, 0.05) is 50.3 Å². The summed E-state index contributed by atoms with van der Waals surface area (Å²) in [5, 5.41) is 8.37. The van der Waals surface area contributed by atoms with Crippen LogP contribution in [0.3, 0.4) is 0 Å². The quantitative estimate of drug-likeness (QED) is 0.687. The summed E-state index contributed by atoms with van der Waals surface area (Å²) in [6, 6.07) is 17.7. The van der Waals surface area contributed by atoms with Crippen molar-refractivity contribution in [2.45, 2.75) is 6.54 Å². The number of hydrogen-bond donors (Lipinski definition) is 1. The molecule has 7 nitrogen and oxygen atoms in total. The maximum atomic E-state index is 12.4. The summed E-state index contributed by atoms with van der Waals surface area (Å²) >= 11 is 0. The average Bonchev–Trinajstić information content (AvgIpc) is 2.77. The number of carbonyl (C=O) groups is 1. The van der Waals surface area contributed by atoms with Crippen LogP contribution in [-0.2, 0) is 11.3 Å². The predicted octanol–water partition coefficient (Wildman–Crippen LogP) is 1.33. The van der Waals surface area contributed by atoms with Gasteiger partial charge in [0.1, 0.15) is 6.54 Å². The van der Waals surface area contributed by atoms with Gasteiger partial charge in [-0.25, -0.2) is 4.68 Å². The van der Waals surface area contributed by atoms with E-state index < -0.39 is 0 Å². The number of para-hydroxylation sites is 1. The Morgan fingerprint density at radius 3 is 2.48 bits per heavy atom. The molecule has 0 spiro atoms. The van der Waals surface area contributed by atoms with Gasteiger partial charge in [0.2, 0.25) is 5.91 Å². The second kappa shape index (κ2) is 8.87. The molecule has 1 amide bonds. The summed E-state index contributed by atoms with van der Waals surface area (Å²) in [7, 11) is 0. The van der Waals surface area contributed by atoms with Crippen LogP contribution < -0.4 is 15.8 Å². The van der Waals surface area contributed by atoms with Crippen LogP contribution >= 0.6 is 0 Å². The van der Waals surface area contributed by atoms with Crippen molar-refractivity contribution in [3.63, 3.8) is 0 Å². The lowest BCUT2D eigenvalue weighted by molar-refractivity contribution is -0.121. The standard InChI is InChI=1S/C22H25N5O2/c28-21(17-27-22(29)20-9-5-4-6-18(20)16-24-27)23-10-11-25-12-14-26(15-13-25)19-7-2-1-3-8-19/h1-9,16H,10-15,17H2,(H,23,28). The average molecular weight is 391 g/mol. The van der Waals surface area contributed by atoms with Crippen LogP contribution in [0.1, 0.15) is 0 Å². The minimum absolute atomic E-state index is 0.0640. The van der Waals surface area contributed by atoms with Crippen LogP contribution in [0.25, 0.3) is 10.8 Å². The number of benzene rings is 2. The van der Waals surface area contributed by atoms with Crippen molar-refractivity contribution in [2.75, 3.05) is 44.2 Å². The summed E-state index contributed by atoms with van der Waals surface area (Å²) in [5.74, 6) is -0.196. The van der Waals surface area contributed by atoms with Crippen molar-refractivity contribution in [3.8, 4) is 0 Å². The van der Waals surface area contributed by atoms with Gasteiger partial charge in [0.05, 0.1) is 11.6 Å². The molecule has 1 aromatic heterocycles. The van der Waals surface area contributed by atoms with Crippen LogP contribution in [0.5, 0.6) is 0 Å². The topological polar surface area (TPSA) is 70.5 Å². The number of nitrogens with zero attached hydrogens (tertiary/aromatic N) is 4. The molecule has 0 saturated carbocycles. The zero-order chi connectivity index (χ0) is 20.1. The Morgan fingerprint density at radius 1 is 0.966 bits per heavy atom. The van der Waals surface area contributed by atoms with Crippen molar-refractivity contribution in [1.82, 2.24) is 20.0 Å². The van der Waals surface area contributed by atoms with E-state index in [0.29, 0.717) is 11.9 Å². The number of amides is 1. The van der Waals surface area contributed by atoms with Gasteiger partial charge in [-0.3, -0.25) is 14.5 Å². The highest BCUT2D eigenvalue weighted by Gasteiger charge is 2.17. The molecule has 0 atom stereocenters. The molecule has 0 radical (unpaired) electrons. The van der Waals surface area contributed by atoms with Crippen molar-refractivity contribution in [3.05, 3.63) is 71.1 Å². The maximum Gasteiger partial charge on any atom is 0.275 e. The number of nitrogens with one attached hydrogen (secondary N) is 1. The van der Waals surface area contributed by atoms with E-state index in [1.165, 1.54) is 10.4 Å². The highest BCUT2D eigenvalue weighted by atomic mass is 16.2. The molecule has 0 aliphatic carbocycles. The third-order valence-corrected chi connectivity index (χ3v) is 5.30. The Kier molecular flexibility index (Phi) is 5.86. The van der Waals surface area contributed by atoms with Crippen LogP contribution in [0.15, 0.2) is 65.6 Å². The molecule has 1 aliphatic rings. The molecule has 2 aromatic carbocycles. The molecule has 2 heterocycles. The molecule has 7 heteroatoms. The lowest BCUT2D eigenvalue weighted by atomic mass is 10.2. The molecule has 1 N–H and O–H groups in total. The Hall–Kier alpha value is -3.19. The smallest absolute Gasteiger partial charge is 0.275 e. The highest BCUT2D eigenvalue weighted by molar-refractivity contribution is 5.81. The largest absolute Gasteiger partial charge is 0.369 e. The fourth-order valence-corrected chi connectivity index (χ4v) is 3.65. The first-order valence-corrected chi connectivity index (χ1v) is 9.94. The molecule has 0 bridgehead atoms. The third-order valence-electron chi connectivity index (χ3n) is 5.30. The number of anilines is 1. The number of fused-ring (bicyclic) bond motifs is 1. The molecule has 150 valence electrons. The molecule has 3 aromatic rings. The van der Waals surface area contributed by atoms with Gasteiger partial charge in [-0.05, 0) is 18.2 Å². The lowest BCUT2D eigenvalue weighted by Gasteiger charge is -2.36. The van der Waals surface area contributed by atoms with Gasteiger partial charge in [-0.15, -0.1) is 0 Å². The molecule has 1 saturated heterocycles. The fourth-order valence-electron chi connectivity index (χ4n) is 3.65. The molecule has 1 fully saturated rings. The van der Waals surface area contributed by atoms with E-state index in [4.69, 9.17) is 0 Å². The van der Waals surface area contributed by atoms with Crippen LogP contribution in [-0.4, -0.2) is 59.9 Å². The first-order valence-electron chi connectivity index (χ1n) is 9.94. The van der Waals surface area contributed by atoms with Gasteiger partial charge >= 0.3 is 0 Å². The van der Waals surface area contributed by atoms with E-state index in [9.17, 15) is 9.59 Å². The summed E-state index contributed by atoms with van der Waals surface area (Å²) in [5.41, 5.74) is 1.02. The second-order valence-electron chi connectivity index (χ2n) is 7.21. The fraction of sp³-hybridized carbons (Fsp3) is 0.318. The van der Waals surface area contributed by atoms with Crippen molar-refractivity contribution >= 4 is 22.4 Å². The first-order chi connectivity index (χ1) is 14.2. The van der Waals surface area contributed by atoms with Crippen molar-refractivity contribution in [2.24, 2.45) is 0 Å². The Morgan fingerprint density at radius 2 is 1.69 bits per heavy atom. The first kappa shape index (κ1) is 19.1. The number of piperazine rings is 1. The number of carbonyl (C=O) groups excluding carboxylic acids is 1. The third kappa shape index (κ3) is 4.63. The highest BCUT2D eigenvalue weighted by Crippen LogP contribution is 2.15.